The van der Waals surface area contributed by atoms with Crippen LogP contribution in [0.15, 0.2) is 65.8 Å². The van der Waals surface area contributed by atoms with E-state index in [0.717, 1.165) is 17.1 Å². The third-order valence-electron chi connectivity index (χ3n) is 4.00. The van der Waals surface area contributed by atoms with Gasteiger partial charge >= 0.3 is 6.61 Å². The summed E-state index contributed by atoms with van der Waals surface area (Å²) in [5.74, 6) is 1.41. The van der Waals surface area contributed by atoms with Crippen LogP contribution in [0.5, 0.6) is 5.75 Å². The molecule has 0 bridgehead atoms. The number of para-hydroxylation sites is 1. The maximum Gasteiger partial charge on any atom is 0.387 e. The summed E-state index contributed by atoms with van der Waals surface area (Å²) in [7, 11) is 1.63. The predicted octanol–water partition coefficient (Wildman–Crippen LogP) is 4.16. The Kier molecular flexibility index (Phi) is 8.84. The van der Waals surface area contributed by atoms with Crippen LogP contribution in [0.25, 0.3) is 11.3 Å². The maximum atomic E-state index is 12.5. The number of aromatic nitrogens is 2. The summed E-state index contributed by atoms with van der Waals surface area (Å²) in [4.78, 5) is 11.8. The van der Waals surface area contributed by atoms with Crippen LogP contribution in [0.2, 0.25) is 0 Å². The SMILES string of the molecule is CN=C(NCc1ncc(-c2ccccc2)[nH]1)NCc1ccccc1OC(F)F.I. The van der Waals surface area contributed by atoms with Gasteiger partial charge in [0.05, 0.1) is 18.4 Å². The first-order valence-corrected chi connectivity index (χ1v) is 8.72. The lowest BCUT2D eigenvalue weighted by molar-refractivity contribution is -0.0504. The van der Waals surface area contributed by atoms with E-state index in [1.807, 2.05) is 30.3 Å². The van der Waals surface area contributed by atoms with E-state index >= 15 is 0 Å². The van der Waals surface area contributed by atoms with Crippen molar-refractivity contribution in [3.8, 4) is 17.0 Å². The summed E-state index contributed by atoms with van der Waals surface area (Å²) < 4.78 is 29.6. The van der Waals surface area contributed by atoms with Crippen molar-refractivity contribution in [1.82, 2.24) is 20.6 Å². The van der Waals surface area contributed by atoms with Crippen LogP contribution in [-0.4, -0.2) is 29.6 Å². The first kappa shape index (κ1) is 22.6. The number of hydrogen-bond donors (Lipinski definition) is 3. The predicted molar refractivity (Wildman–Crippen MR) is 120 cm³/mol. The van der Waals surface area contributed by atoms with Crippen LogP contribution >= 0.6 is 24.0 Å². The molecule has 3 N–H and O–H groups in total. The van der Waals surface area contributed by atoms with Crippen molar-refractivity contribution in [2.75, 3.05) is 7.05 Å². The van der Waals surface area contributed by atoms with Crippen molar-refractivity contribution in [3.05, 3.63) is 72.2 Å². The molecule has 0 aliphatic rings. The monoisotopic (exact) mass is 513 g/mol. The first-order chi connectivity index (χ1) is 13.7. The van der Waals surface area contributed by atoms with Gasteiger partial charge in [-0.3, -0.25) is 4.99 Å². The molecule has 9 heteroatoms. The number of guanidine groups is 1. The van der Waals surface area contributed by atoms with E-state index in [0.29, 0.717) is 18.1 Å². The highest BCUT2D eigenvalue weighted by Gasteiger charge is 2.10. The van der Waals surface area contributed by atoms with Crippen LogP contribution in [0, 0.1) is 0 Å². The Labute approximate surface area is 184 Å². The van der Waals surface area contributed by atoms with Gasteiger partial charge in [-0.1, -0.05) is 48.5 Å². The smallest absolute Gasteiger partial charge is 0.387 e. The molecule has 154 valence electrons. The fraction of sp³-hybridized carbons (Fsp3) is 0.200. The van der Waals surface area contributed by atoms with E-state index in [2.05, 4.69) is 30.3 Å². The van der Waals surface area contributed by atoms with Crippen molar-refractivity contribution in [1.29, 1.82) is 0 Å². The fourth-order valence-electron chi connectivity index (χ4n) is 2.64. The topological polar surface area (TPSA) is 74.3 Å². The van der Waals surface area contributed by atoms with Gasteiger partial charge in [-0.05, 0) is 11.6 Å². The number of halogens is 3. The molecule has 0 spiro atoms. The Hall–Kier alpha value is -2.69. The van der Waals surface area contributed by atoms with E-state index < -0.39 is 6.61 Å². The van der Waals surface area contributed by atoms with Gasteiger partial charge in [-0.25, -0.2) is 4.98 Å². The van der Waals surface area contributed by atoms with E-state index in [1.54, 1.807) is 31.4 Å². The summed E-state index contributed by atoms with van der Waals surface area (Å²) in [6, 6.07) is 16.5. The number of ether oxygens (including phenoxy) is 1. The van der Waals surface area contributed by atoms with E-state index in [-0.39, 0.29) is 36.3 Å². The van der Waals surface area contributed by atoms with Gasteiger partial charge in [0.1, 0.15) is 11.6 Å². The summed E-state index contributed by atoms with van der Waals surface area (Å²) >= 11 is 0. The molecule has 6 nitrogen and oxygen atoms in total. The highest BCUT2D eigenvalue weighted by Crippen LogP contribution is 2.20. The Morgan fingerprint density at radius 1 is 1.07 bits per heavy atom. The average Bonchev–Trinajstić information content (AvgIpc) is 3.18. The zero-order valence-electron chi connectivity index (χ0n) is 15.7. The van der Waals surface area contributed by atoms with Crippen molar-refractivity contribution in [2.45, 2.75) is 19.7 Å². The summed E-state index contributed by atoms with van der Waals surface area (Å²) in [5.41, 5.74) is 2.59. The Balaban J connectivity index is 0.00000300. The molecule has 0 aliphatic carbocycles. The first-order valence-electron chi connectivity index (χ1n) is 8.72. The van der Waals surface area contributed by atoms with Crippen LogP contribution in [0.4, 0.5) is 8.78 Å². The highest BCUT2D eigenvalue weighted by atomic mass is 127. The lowest BCUT2D eigenvalue weighted by Crippen LogP contribution is -2.36. The number of nitrogens with zero attached hydrogens (tertiary/aromatic N) is 2. The Bertz CT molecular complexity index is 918. The summed E-state index contributed by atoms with van der Waals surface area (Å²) in [6.07, 6.45) is 1.78. The summed E-state index contributed by atoms with van der Waals surface area (Å²) in [6.45, 7) is -2.14. The second-order valence-corrected chi connectivity index (χ2v) is 5.88. The number of aromatic amines is 1. The number of H-pyrrole nitrogens is 1. The molecule has 0 aliphatic heterocycles. The third-order valence-corrected chi connectivity index (χ3v) is 4.00. The highest BCUT2D eigenvalue weighted by molar-refractivity contribution is 14.0. The zero-order valence-corrected chi connectivity index (χ0v) is 18.1. The molecule has 2 aromatic carbocycles. The quantitative estimate of drug-likeness (QED) is 0.252. The number of hydrogen-bond acceptors (Lipinski definition) is 3. The number of benzene rings is 2. The van der Waals surface area contributed by atoms with Gasteiger partial charge in [-0.2, -0.15) is 8.78 Å². The molecule has 0 fully saturated rings. The minimum Gasteiger partial charge on any atom is -0.434 e. The molecular weight excluding hydrogens is 491 g/mol. The van der Waals surface area contributed by atoms with Crippen molar-refractivity contribution in [3.63, 3.8) is 0 Å². The normalized spacial score (nSPS) is 11.1. The largest absolute Gasteiger partial charge is 0.434 e. The van der Waals surface area contributed by atoms with Gasteiger partial charge in [0.2, 0.25) is 0 Å². The van der Waals surface area contributed by atoms with Gasteiger partial charge in [-0.15, -0.1) is 24.0 Å². The van der Waals surface area contributed by atoms with E-state index in [4.69, 9.17) is 0 Å². The summed E-state index contributed by atoms with van der Waals surface area (Å²) in [5, 5.41) is 6.22. The zero-order chi connectivity index (χ0) is 19.8. The van der Waals surface area contributed by atoms with Crippen molar-refractivity contribution < 1.29 is 13.5 Å². The molecule has 0 saturated heterocycles. The lowest BCUT2D eigenvalue weighted by atomic mass is 10.2. The Morgan fingerprint density at radius 2 is 1.76 bits per heavy atom. The third kappa shape index (κ3) is 6.70. The minimum absolute atomic E-state index is 0. The second-order valence-electron chi connectivity index (χ2n) is 5.88. The second kappa shape index (κ2) is 11.3. The van der Waals surface area contributed by atoms with Gasteiger partial charge in [0, 0.05) is 19.2 Å². The number of rotatable bonds is 7. The number of alkyl halides is 2. The molecule has 0 atom stereocenters. The molecule has 0 radical (unpaired) electrons. The molecule has 29 heavy (non-hydrogen) atoms. The molecule has 0 saturated carbocycles. The fourth-order valence-corrected chi connectivity index (χ4v) is 2.64. The molecule has 3 aromatic rings. The van der Waals surface area contributed by atoms with Crippen molar-refractivity contribution >= 4 is 29.9 Å². The Morgan fingerprint density at radius 3 is 2.48 bits per heavy atom. The van der Waals surface area contributed by atoms with Gasteiger partial charge < -0.3 is 20.4 Å². The number of aliphatic imine (C=N–C) groups is 1. The molecule has 1 heterocycles. The van der Waals surface area contributed by atoms with Gasteiger partial charge in [0.25, 0.3) is 0 Å². The molecule has 3 rings (SSSR count). The van der Waals surface area contributed by atoms with Crippen LogP contribution in [0.1, 0.15) is 11.4 Å². The standard InChI is InChI=1S/C20H21F2N5O.HI/c1-23-20(25-11-15-9-5-6-10-17(15)28-19(21)22)26-13-18-24-12-16(27-18)14-7-3-2-4-8-14;/h2-10,12,19H,11,13H2,1H3,(H,24,27)(H2,23,25,26);1H. The molecule has 0 amide bonds. The molecule has 0 unspecified atom stereocenters. The van der Waals surface area contributed by atoms with Crippen LogP contribution in [-0.2, 0) is 13.1 Å². The van der Waals surface area contributed by atoms with E-state index in [1.165, 1.54) is 6.07 Å². The molecule has 1 aromatic heterocycles. The van der Waals surface area contributed by atoms with Gasteiger partial charge in [0.15, 0.2) is 5.96 Å². The average molecular weight is 513 g/mol. The maximum absolute atomic E-state index is 12.5. The van der Waals surface area contributed by atoms with Crippen LogP contribution in [0.3, 0.4) is 0 Å². The van der Waals surface area contributed by atoms with E-state index in [9.17, 15) is 8.78 Å². The van der Waals surface area contributed by atoms with Crippen molar-refractivity contribution in [2.24, 2.45) is 4.99 Å². The lowest BCUT2D eigenvalue weighted by Gasteiger charge is -2.14. The molecular formula is C20H22F2IN5O. The minimum atomic E-state index is -2.86. The number of imidazole rings is 1. The van der Waals surface area contributed by atoms with Crippen LogP contribution < -0.4 is 15.4 Å². The number of nitrogens with one attached hydrogen (secondary N) is 3.